The van der Waals surface area contributed by atoms with Crippen LogP contribution in [0.4, 0.5) is 0 Å². The predicted octanol–water partition coefficient (Wildman–Crippen LogP) is 1.43. The maximum absolute atomic E-state index is 5.86. The van der Waals surface area contributed by atoms with Crippen LogP contribution >= 0.6 is 0 Å². The highest BCUT2D eigenvalue weighted by Gasteiger charge is 2.30. The molecule has 1 fully saturated rings. The van der Waals surface area contributed by atoms with Crippen LogP contribution in [0.5, 0.6) is 0 Å². The molecule has 0 amide bonds. The third-order valence-electron chi connectivity index (χ3n) is 3.81. The Kier molecular flexibility index (Phi) is 4.45. The molecule has 1 aliphatic rings. The van der Waals surface area contributed by atoms with E-state index in [0.29, 0.717) is 12.0 Å². The monoisotopic (exact) mass is 234 g/mol. The highest BCUT2D eigenvalue weighted by atomic mass is 15.2. The maximum Gasteiger partial charge on any atom is 0.115 e. The van der Waals surface area contributed by atoms with E-state index in [2.05, 4.69) is 21.8 Å². The van der Waals surface area contributed by atoms with Gasteiger partial charge in [0.2, 0.25) is 0 Å². The minimum absolute atomic E-state index is 0.639. The summed E-state index contributed by atoms with van der Waals surface area (Å²) in [6.07, 6.45) is 7.30. The molecule has 17 heavy (non-hydrogen) atoms. The molecule has 1 saturated carbocycles. The Balaban J connectivity index is 2.01. The van der Waals surface area contributed by atoms with Crippen LogP contribution in [-0.4, -0.2) is 34.0 Å². The lowest BCUT2D eigenvalue weighted by atomic mass is 10.0. The molecule has 4 nitrogen and oxygen atoms in total. The van der Waals surface area contributed by atoms with E-state index in [4.69, 9.17) is 5.73 Å². The lowest BCUT2D eigenvalue weighted by Gasteiger charge is -2.31. The molecular formula is C13H22N4. The summed E-state index contributed by atoms with van der Waals surface area (Å²) in [5, 5.41) is 0. The van der Waals surface area contributed by atoms with Gasteiger partial charge in [-0.25, -0.2) is 9.97 Å². The van der Waals surface area contributed by atoms with Crippen molar-refractivity contribution in [3.8, 4) is 0 Å². The lowest BCUT2D eigenvalue weighted by molar-refractivity contribution is 0.160. The normalized spacial score (nSPS) is 24.4. The molecule has 1 aromatic heterocycles. The third kappa shape index (κ3) is 3.01. The van der Waals surface area contributed by atoms with Gasteiger partial charge in [-0.1, -0.05) is 13.3 Å². The van der Waals surface area contributed by atoms with Gasteiger partial charge in [0.05, 0.1) is 5.69 Å². The molecule has 1 aliphatic carbocycles. The Labute approximate surface area is 103 Å². The van der Waals surface area contributed by atoms with E-state index in [1.165, 1.54) is 19.3 Å². The summed E-state index contributed by atoms with van der Waals surface area (Å²) in [6, 6.07) is 2.63. The second-order valence-electron chi connectivity index (χ2n) is 4.76. The summed E-state index contributed by atoms with van der Waals surface area (Å²) < 4.78 is 0. The van der Waals surface area contributed by atoms with Gasteiger partial charge in [0, 0.05) is 18.8 Å². The summed E-state index contributed by atoms with van der Waals surface area (Å²) in [5.41, 5.74) is 6.96. The molecule has 1 heterocycles. The zero-order valence-electron chi connectivity index (χ0n) is 10.5. The molecule has 0 spiro atoms. The van der Waals surface area contributed by atoms with Crippen LogP contribution in [0.3, 0.4) is 0 Å². The zero-order valence-corrected chi connectivity index (χ0v) is 10.5. The van der Waals surface area contributed by atoms with Gasteiger partial charge in [-0.3, -0.25) is 4.90 Å². The number of rotatable bonds is 5. The smallest absolute Gasteiger partial charge is 0.115 e. The van der Waals surface area contributed by atoms with Crippen LogP contribution < -0.4 is 5.73 Å². The molecule has 0 bridgehead atoms. The summed E-state index contributed by atoms with van der Waals surface area (Å²) in [6.45, 7) is 5.00. The first-order valence-electron chi connectivity index (χ1n) is 6.54. The molecular weight excluding hydrogens is 212 g/mol. The molecule has 0 saturated heterocycles. The first-order valence-corrected chi connectivity index (χ1v) is 6.54. The molecule has 94 valence electrons. The molecule has 2 rings (SSSR count). The summed E-state index contributed by atoms with van der Waals surface area (Å²) in [5.74, 6) is 0.664. The van der Waals surface area contributed by atoms with Crippen molar-refractivity contribution in [1.82, 2.24) is 14.9 Å². The van der Waals surface area contributed by atoms with Gasteiger partial charge in [-0.05, 0) is 37.9 Å². The van der Waals surface area contributed by atoms with Crippen molar-refractivity contribution in [2.75, 3.05) is 13.1 Å². The predicted molar refractivity (Wildman–Crippen MR) is 68.3 cm³/mol. The largest absolute Gasteiger partial charge is 0.330 e. The van der Waals surface area contributed by atoms with Gasteiger partial charge < -0.3 is 5.73 Å². The van der Waals surface area contributed by atoms with Gasteiger partial charge in [0.15, 0.2) is 0 Å². The molecule has 0 aromatic carbocycles. The average molecular weight is 234 g/mol. The van der Waals surface area contributed by atoms with Crippen molar-refractivity contribution in [2.24, 2.45) is 11.7 Å². The maximum atomic E-state index is 5.86. The second-order valence-corrected chi connectivity index (χ2v) is 4.76. The highest BCUT2D eigenvalue weighted by Crippen LogP contribution is 2.29. The van der Waals surface area contributed by atoms with Crippen LogP contribution in [0.2, 0.25) is 0 Å². The minimum Gasteiger partial charge on any atom is -0.330 e. The van der Waals surface area contributed by atoms with Gasteiger partial charge in [-0.15, -0.1) is 0 Å². The molecule has 2 atom stereocenters. The van der Waals surface area contributed by atoms with Crippen molar-refractivity contribution in [1.29, 1.82) is 0 Å². The van der Waals surface area contributed by atoms with Crippen molar-refractivity contribution < 1.29 is 0 Å². The molecule has 2 N–H and O–H groups in total. The Morgan fingerprint density at radius 3 is 3.00 bits per heavy atom. The molecule has 0 aliphatic heterocycles. The van der Waals surface area contributed by atoms with E-state index in [9.17, 15) is 0 Å². The van der Waals surface area contributed by atoms with E-state index in [-0.39, 0.29) is 0 Å². The average Bonchev–Trinajstić information content (AvgIpc) is 2.85. The number of nitrogens with zero attached hydrogens (tertiary/aromatic N) is 3. The first-order chi connectivity index (χ1) is 8.35. The van der Waals surface area contributed by atoms with Gasteiger partial charge in [-0.2, -0.15) is 0 Å². The van der Waals surface area contributed by atoms with Crippen LogP contribution in [0, 0.1) is 5.92 Å². The molecule has 1 aromatic rings. The van der Waals surface area contributed by atoms with Crippen LogP contribution in [0.25, 0.3) is 0 Å². The SMILES string of the molecule is CCN(Cc1ccncn1)C1CCCC1CN. The van der Waals surface area contributed by atoms with Gasteiger partial charge in [0.25, 0.3) is 0 Å². The standard InChI is InChI=1S/C13H22N4/c1-2-17(9-12-6-7-15-10-16-12)13-5-3-4-11(13)8-14/h6-7,10-11,13H,2-5,8-9,14H2,1H3. The van der Waals surface area contributed by atoms with Gasteiger partial charge in [0.1, 0.15) is 6.33 Å². The van der Waals surface area contributed by atoms with E-state index in [1.807, 2.05) is 12.3 Å². The topological polar surface area (TPSA) is 55.0 Å². The van der Waals surface area contributed by atoms with Crippen molar-refractivity contribution >= 4 is 0 Å². The van der Waals surface area contributed by atoms with Crippen LogP contribution in [0.15, 0.2) is 18.6 Å². The Morgan fingerprint density at radius 2 is 2.35 bits per heavy atom. The van der Waals surface area contributed by atoms with E-state index in [1.54, 1.807) is 6.33 Å². The van der Waals surface area contributed by atoms with Gasteiger partial charge >= 0.3 is 0 Å². The fourth-order valence-corrected chi connectivity index (χ4v) is 2.86. The summed E-state index contributed by atoms with van der Waals surface area (Å²) in [7, 11) is 0. The second kappa shape index (κ2) is 6.07. The van der Waals surface area contributed by atoms with E-state index < -0.39 is 0 Å². The zero-order chi connectivity index (χ0) is 12.1. The molecule has 4 heteroatoms. The van der Waals surface area contributed by atoms with Crippen LogP contribution in [-0.2, 0) is 6.54 Å². The third-order valence-corrected chi connectivity index (χ3v) is 3.81. The number of hydrogen-bond acceptors (Lipinski definition) is 4. The lowest BCUT2D eigenvalue weighted by Crippen LogP contribution is -2.39. The Hall–Kier alpha value is -1.00. The highest BCUT2D eigenvalue weighted by molar-refractivity contribution is 4.99. The van der Waals surface area contributed by atoms with Crippen LogP contribution in [0.1, 0.15) is 31.9 Å². The molecule has 2 unspecified atom stereocenters. The fourth-order valence-electron chi connectivity index (χ4n) is 2.86. The van der Waals surface area contributed by atoms with Crippen molar-refractivity contribution in [2.45, 2.75) is 38.8 Å². The number of hydrogen-bond donors (Lipinski definition) is 1. The van der Waals surface area contributed by atoms with E-state index in [0.717, 1.165) is 25.3 Å². The first kappa shape index (κ1) is 12.5. The summed E-state index contributed by atoms with van der Waals surface area (Å²) >= 11 is 0. The number of aromatic nitrogens is 2. The Morgan fingerprint density at radius 1 is 1.47 bits per heavy atom. The van der Waals surface area contributed by atoms with E-state index >= 15 is 0 Å². The van der Waals surface area contributed by atoms with Crippen molar-refractivity contribution in [3.63, 3.8) is 0 Å². The fraction of sp³-hybridized carbons (Fsp3) is 0.692. The van der Waals surface area contributed by atoms with Crippen molar-refractivity contribution in [3.05, 3.63) is 24.3 Å². The summed E-state index contributed by atoms with van der Waals surface area (Å²) in [4.78, 5) is 10.8. The Bertz CT molecular complexity index is 327. The molecule has 0 radical (unpaired) electrons. The minimum atomic E-state index is 0.639. The number of nitrogens with two attached hydrogens (primary N) is 1. The quantitative estimate of drug-likeness (QED) is 0.837.